The minimum Gasteiger partial charge on any atom is -0.508 e. The molecule has 0 bridgehead atoms. The molecule has 9 heteroatoms. The van der Waals surface area contributed by atoms with E-state index in [1.165, 1.54) is 6.07 Å². The number of amides is 2. The molecular formula is C22H24BrNO6S. The van der Waals surface area contributed by atoms with Crippen LogP contribution in [-0.4, -0.2) is 35.4 Å². The molecule has 0 saturated heterocycles. The summed E-state index contributed by atoms with van der Waals surface area (Å²) in [5.74, 6) is -1.19. The first kappa shape index (κ1) is 24.7. The van der Waals surface area contributed by atoms with Gasteiger partial charge in [0.25, 0.3) is 5.91 Å². The molecule has 1 atom stereocenters. The van der Waals surface area contributed by atoms with Crippen molar-refractivity contribution in [2.75, 3.05) is 12.4 Å². The Morgan fingerprint density at radius 1 is 1.16 bits per heavy atom. The number of ether oxygens (including phenoxy) is 2. The quantitative estimate of drug-likeness (QED) is 0.353. The third-order valence-corrected chi connectivity index (χ3v) is 5.35. The fourth-order valence-electron chi connectivity index (χ4n) is 2.87. The number of phenolic OH excluding ortho intramolecular Hbond substituents is 1. The molecule has 2 aromatic carbocycles. The summed E-state index contributed by atoms with van der Waals surface area (Å²) in [5, 5.41) is 12.6. The Bertz CT molecular complexity index is 935. The van der Waals surface area contributed by atoms with Gasteiger partial charge in [-0.15, -0.1) is 0 Å². The van der Waals surface area contributed by atoms with Crippen LogP contribution in [0, 0.1) is 5.41 Å². The summed E-state index contributed by atoms with van der Waals surface area (Å²) in [4.78, 5) is 36.2. The molecule has 0 radical (unpaired) electrons. The van der Waals surface area contributed by atoms with Crippen LogP contribution < -0.4 is 5.32 Å². The summed E-state index contributed by atoms with van der Waals surface area (Å²) in [6.45, 7) is 3.68. The number of halogens is 1. The van der Waals surface area contributed by atoms with Gasteiger partial charge >= 0.3 is 12.1 Å². The number of hydrogen-bond donors (Lipinski definition) is 3. The predicted molar refractivity (Wildman–Crippen MR) is 122 cm³/mol. The van der Waals surface area contributed by atoms with Crippen LogP contribution in [0.15, 0.2) is 53.0 Å². The Hall–Kier alpha value is -2.52. The van der Waals surface area contributed by atoms with E-state index in [-0.39, 0.29) is 18.1 Å². The highest BCUT2D eigenvalue weighted by atomic mass is 79.9. The monoisotopic (exact) mass is 509 g/mol. The smallest absolute Gasteiger partial charge is 0.414 e. The molecule has 0 fully saturated rings. The lowest BCUT2D eigenvalue weighted by molar-refractivity contribution is -0.141. The second-order valence-electron chi connectivity index (χ2n) is 7.43. The van der Waals surface area contributed by atoms with Crippen molar-refractivity contribution >= 4 is 46.5 Å². The van der Waals surface area contributed by atoms with Crippen LogP contribution in [0.4, 0.5) is 4.79 Å². The number of hydrogen-bond acceptors (Lipinski definition) is 7. The number of thiol groups is 1. The van der Waals surface area contributed by atoms with Crippen molar-refractivity contribution in [1.82, 2.24) is 5.32 Å². The molecule has 166 valence electrons. The fourth-order valence-corrected chi connectivity index (χ4v) is 3.34. The average molecular weight is 510 g/mol. The highest BCUT2D eigenvalue weighted by molar-refractivity contribution is 9.10. The van der Waals surface area contributed by atoms with Gasteiger partial charge in [0.2, 0.25) is 0 Å². The Balaban J connectivity index is 2.23. The lowest BCUT2D eigenvalue weighted by atomic mass is 9.79. The van der Waals surface area contributed by atoms with Crippen LogP contribution >= 0.6 is 28.6 Å². The average Bonchev–Trinajstić information content (AvgIpc) is 2.74. The Morgan fingerprint density at radius 3 is 2.48 bits per heavy atom. The van der Waals surface area contributed by atoms with Crippen LogP contribution in [0.5, 0.6) is 5.75 Å². The molecule has 0 aliphatic rings. The third-order valence-electron chi connectivity index (χ3n) is 4.60. The highest BCUT2D eigenvalue weighted by Crippen LogP contribution is 2.43. The molecule has 0 aromatic heterocycles. The zero-order valence-electron chi connectivity index (χ0n) is 17.1. The summed E-state index contributed by atoms with van der Waals surface area (Å²) in [6.07, 6.45) is -1.58. The lowest BCUT2D eigenvalue weighted by Gasteiger charge is -2.34. The normalized spacial score (nSPS) is 12.0. The van der Waals surface area contributed by atoms with Gasteiger partial charge in [-0.2, -0.15) is 12.6 Å². The number of nitrogens with one attached hydrogen (secondary N) is 1. The van der Waals surface area contributed by atoms with Gasteiger partial charge < -0.3 is 14.6 Å². The molecule has 2 aromatic rings. The molecule has 2 amide bonds. The van der Waals surface area contributed by atoms with Gasteiger partial charge in [0.15, 0.2) is 0 Å². The summed E-state index contributed by atoms with van der Waals surface area (Å²) in [6, 6.07) is 13.0. The van der Waals surface area contributed by atoms with Crippen molar-refractivity contribution < 1.29 is 29.0 Å². The number of aromatic hydroxyl groups is 1. The number of phenols is 1. The Kier molecular flexibility index (Phi) is 8.94. The van der Waals surface area contributed by atoms with Crippen LogP contribution in [0.1, 0.15) is 42.3 Å². The van der Waals surface area contributed by atoms with Gasteiger partial charge in [-0.05, 0) is 36.8 Å². The van der Waals surface area contributed by atoms with Crippen molar-refractivity contribution in [2.24, 2.45) is 5.41 Å². The summed E-state index contributed by atoms with van der Waals surface area (Å²) in [5.41, 5.74) is -0.108. The molecule has 0 unspecified atom stereocenters. The molecule has 0 heterocycles. The molecule has 0 aliphatic carbocycles. The highest BCUT2D eigenvalue weighted by Gasteiger charge is 2.36. The van der Waals surface area contributed by atoms with E-state index >= 15 is 0 Å². The molecule has 2 N–H and O–H groups in total. The van der Waals surface area contributed by atoms with E-state index in [9.17, 15) is 19.5 Å². The van der Waals surface area contributed by atoms with E-state index in [0.717, 1.165) is 0 Å². The minimum atomic E-state index is -0.960. The van der Waals surface area contributed by atoms with E-state index in [0.29, 0.717) is 22.0 Å². The number of alkyl carbamates (subject to hydrolysis) is 1. The molecule has 31 heavy (non-hydrogen) atoms. The Morgan fingerprint density at radius 2 is 1.84 bits per heavy atom. The maximum absolute atomic E-state index is 12.5. The van der Waals surface area contributed by atoms with Crippen LogP contribution in [0.3, 0.4) is 0 Å². The summed E-state index contributed by atoms with van der Waals surface area (Å²) < 4.78 is 11.4. The standard InChI is InChI=1S/C22H24BrNO6S/c1-22(2,10-11-29-18(26)13-31)19(16-12-15(23)8-9-17(16)25)30-21(28)24-20(27)14-6-4-3-5-7-14/h3-9,12,19,25,31H,10-11,13H2,1-2H3,(H,24,27,28)/t19-/m0/s1. The van der Waals surface area contributed by atoms with Crippen LogP contribution in [0.2, 0.25) is 0 Å². The first-order valence-electron chi connectivity index (χ1n) is 9.46. The van der Waals surface area contributed by atoms with Gasteiger partial charge in [0.1, 0.15) is 11.9 Å². The number of benzene rings is 2. The maximum Gasteiger partial charge on any atom is 0.414 e. The number of rotatable bonds is 8. The maximum atomic E-state index is 12.5. The zero-order valence-corrected chi connectivity index (χ0v) is 19.6. The Labute approximate surface area is 194 Å². The van der Waals surface area contributed by atoms with Crippen molar-refractivity contribution in [1.29, 1.82) is 0 Å². The number of carbonyl (C=O) groups excluding carboxylic acids is 3. The lowest BCUT2D eigenvalue weighted by Crippen LogP contribution is -2.36. The SMILES string of the molecule is CC(C)(CCOC(=O)CS)[C@@H](OC(=O)NC(=O)c1ccccc1)c1cc(Br)ccc1O. The van der Waals surface area contributed by atoms with Crippen molar-refractivity contribution in [3.63, 3.8) is 0 Å². The molecule has 0 aliphatic heterocycles. The molecule has 7 nitrogen and oxygen atoms in total. The van der Waals surface area contributed by atoms with E-state index in [1.807, 2.05) is 0 Å². The third kappa shape index (κ3) is 7.29. The number of esters is 1. The van der Waals surface area contributed by atoms with Gasteiger partial charge in [-0.3, -0.25) is 14.9 Å². The van der Waals surface area contributed by atoms with Gasteiger partial charge in [0, 0.05) is 21.0 Å². The number of carbonyl (C=O) groups is 3. The topological polar surface area (TPSA) is 102 Å². The number of imide groups is 1. The van der Waals surface area contributed by atoms with E-state index in [1.54, 1.807) is 56.3 Å². The zero-order chi connectivity index (χ0) is 23.0. The van der Waals surface area contributed by atoms with E-state index in [2.05, 4.69) is 33.9 Å². The molecule has 2 rings (SSSR count). The van der Waals surface area contributed by atoms with Gasteiger partial charge in [-0.1, -0.05) is 48.0 Å². The second-order valence-corrected chi connectivity index (χ2v) is 8.66. The first-order valence-corrected chi connectivity index (χ1v) is 10.9. The fraction of sp³-hybridized carbons (Fsp3) is 0.318. The van der Waals surface area contributed by atoms with Crippen molar-refractivity contribution in [3.8, 4) is 5.75 Å². The second kappa shape index (κ2) is 11.2. The molecule has 0 spiro atoms. The van der Waals surface area contributed by atoms with Crippen molar-refractivity contribution in [3.05, 3.63) is 64.1 Å². The van der Waals surface area contributed by atoms with Gasteiger partial charge in [-0.25, -0.2) is 4.79 Å². The van der Waals surface area contributed by atoms with Crippen LogP contribution in [-0.2, 0) is 14.3 Å². The van der Waals surface area contributed by atoms with E-state index in [4.69, 9.17) is 9.47 Å². The first-order chi connectivity index (χ1) is 14.6. The molecule has 0 saturated carbocycles. The predicted octanol–water partition coefficient (Wildman–Crippen LogP) is 4.65. The van der Waals surface area contributed by atoms with E-state index < -0.39 is 29.5 Å². The summed E-state index contributed by atoms with van der Waals surface area (Å²) in [7, 11) is 0. The van der Waals surface area contributed by atoms with Gasteiger partial charge in [0.05, 0.1) is 12.4 Å². The molecular weight excluding hydrogens is 486 g/mol. The summed E-state index contributed by atoms with van der Waals surface area (Å²) >= 11 is 7.22. The van der Waals surface area contributed by atoms with Crippen molar-refractivity contribution in [2.45, 2.75) is 26.4 Å². The van der Waals surface area contributed by atoms with Crippen LogP contribution in [0.25, 0.3) is 0 Å². The minimum absolute atomic E-state index is 0.0449. The largest absolute Gasteiger partial charge is 0.508 e.